The van der Waals surface area contributed by atoms with Crippen molar-refractivity contribution in [1.82, 2.24) is 0 Å². The van der Waals surface area contributed by atoms with Crippen molar-refractivity contribution in [3.63, 3.8) is 0 Å². The van der Waals surface area contributed by atoms with Crippen LogP contribution >= 0.6 is 0 Å². The maximum Gasteiger partial charge on any atom is 0.123 e. The van der Waals surface area contributed by atoms with Crippen LogP contribution in [0.2, 0.25) is 0 Å². The Morgan fingerprint density at radius 3 is 1.72 bits per heavy atom. The van der Waals surface area contributed by atoms with Crippen LogP contribution in [0.4, 0.5) is 0 Å². The van der Waals surface area contributed by atoms with E-state index in [1.54, 1.807) is 0 Å². The minimum absolute atomic E-state index is 0.0346. The van der Waals surface area contributed by atoms with E-state index in [4.69, 9.17) is 33.5 Å². The van der Waals surface area contributed by atoms with Crippen molar-refractivity contribution in [2.45, 2.75) is 6.42 Å². The van der Waals surface area contributed by atoms with Gasteiger partial charge in [0.2, 0.25) is 0 Å². The largest absolute Gasteiger partial charge is 0.491 e. The first-order chi connectivity index (χ1) is 15.9. The number of aliphatic hydroxyl groups excluding tert-OH is 1. The normalized spacial score (nSPS) is 12.0. The predicted octanol–water partition coefficient (Wildman–Crippen LogP) is 2.71. The van der Waals surface area contributed by atoms with Crippen LogP contribution < -0.4 is 4.74 Å². The van der Waals surface area contributed by atoms with Crippen molar-refractivity contribution in [3.05, 3.63) is 53.6 Å². The highest BCUT2D eigenvalue weighted by Gasteiger charge is 2.20. The molecule has 0 saturated heterocycles. The first-order valence-electron chi connectivity index (χ1n) is 11.2. The van der Waals surface area contributed by atoms with Gasteiger partial charge in [-0.25, -0.2) is 0 Å². The summed E-state index contributed by atoms with van der Waals surface area (Å²) in [7, 11) is 0. The van der Waals surface area contributed by atoms with Gasteiger partial charge in [-0.2, -0.15) is 0 Å². The van der Waals surface area contributed by atoms with E-state index >= 15 is 0 Å². The van der Waals surface area contributed by atoms with Crippen LogP contribution in [0, 0.1) is 0 Å². The Morgan fingerprint density at radius 1 is 0.562 bits per heavy atom. The molecular formula is C25H34O7. The monoisotopic (exact) mass is 446 g/mol. The number of hydrogen-bond acceptors (Lipinski definition) is 7. The average Bonchev–Trinajstić information content (AvgIpc) is 3.20. The third-order valence-corrected chi connectivity index (χ3v) is 5.02. The Balaban J connectivity index is 1.14. The summed E-state index contributed by atoms with van der Waals surface area (Å²) < 4.78 is 32.9. The molecule has 0 fully saturated rings. The second-order valence-electron chi connectivity index (χ2n) is 7.25. The third kappa shape index (κ3) is 8.16. The quantitative estimate of drug-likeness (QED) is 0.301. The van der Waals surface area contributed by atoms with Crippen LogP contribution in [0.5, 0.6) is 5.75 Å². The Morgan fingerprint density at radius 2 is 1.09 bits per heavy atom. The molecule has 176 valence electrons. The van der Waals surface area contributed by atoms with Gasteiger partial charge in [-0.05, 0) is 22.8 Å². The first-order valence-corrected chi connectivity index (χ1v) is 11.2. The van der Waals surface area contributed by atoms with Crippen molar-refractivity contribution in [3.8, 4) is 16.9 Å². The lowest BCUT2D eigenvalue weighted by molar-refractivity contribution is -0.0146. The van der Waals surface area contributed by atoms with Gasteiger partial charge in [0.25, 0.3) is 0 Å². The van der Waals surface area contributed by atoms with Gasteiger partial charge in [0.05, 0.1) is 72.7 Å². The third-order valence-electron chi connectivity index (χ3n) is 5.02. The van der Waals surface area contributed by atoms with E-state index in [1.807, 2.05) is 12.1 Å². The molecule has 0 spiro atoms. The number of rotatable bonds is 18. The summed E-state index contributed by atoms with van der Waals surface area (Å²) in [5, 5.41) is 8.57. The lowest BCUT2D eigenvalue weighted by Gasteiger charge is -2.11. The average molecular weight is 447 g/mol. The maximum absolute atomic E-state index is 8.57. The first kappa shape index (κ1) is 24.6. The molecule has 0 aromatic heterocycles. The number of benzene rings is 2. The van der Waals surface area contributed by atoms with Crippen LogP contribution in [0.3, 0.4) is 0 Å². The molecule has 7 nitrogen and oxygen atoms in total. The maximum atomic E-state index is 8.57. The van der Waals surface area contributed by atoms with E-state index in [1.165, 1.54) is 22.3 Å². The minimum atomic E-state index is 0.0346. The van der Waals surface area contributed by atoms with Crippen LogP contribution in [-0.2, 0) is 30.1 Å². The van der Waals surface area contributed by atoms with E-state index in [9.17, 15) is 0 Å². The summed E-state index contributed by atoms with van der Waals surface area (Å²) in [6.45, 7) is 5.54. The topological polar surface area (TPSA) is 75.6 Å². The number of aliphatic hydroxyl groups is 1. The number of hydrogen-bond donors (Lipinski definition) is 1. The molecule has 2 aromatic rings. The predicted molar refractivity (Wildman–Crippen MR) is 121 cm³/mol. The second-order valence-corrected chi connectivity index (χ2v) is 7.25. The van der Waals surface area contributed by atoms with Gasteiger partial charge in [-0.3, -0.25) is 0 Å². The molecule has 0 radical (unpaired) electrons. The van der Waals surface area contributed by atoms with E-state index in [0.29, 0.717) is 72.7 Å². The smallest absolute Gasteiger partial charge is 0.123 e. The molecule has 7 heteroatoms. The molecule has 1 aliphatic carbocycles. The molecule has 1 N–H and O–H groups in total. The number of fused-ring (bicyclic) bond motifs is 3. The summed E-state index contributed by atoms with van der Waals surface area (Å²) >= 11 is 0. The Hall–Kier alpha value is -2.00. The molecule has 1 aliphatic rings. The zero-order valence-electron chi connectivity index (χ0n) is 18.6. The zero-order chi connectivity index (χ0) is 22.3. The van der Waals surface area contributed by atoms with Crippen LogP contribution in [-0.4, -0.2) is 84.4 Å². The lowest BCUT2D eigenvalue weighted by atomic mass is 10.1. The molecule has 0 atom stereocenters. The summed E-state index contributed by atoms with van der Waals surface area (Å²) in [5.41, 5.74) is 5.19. The van der Waals surface area contributed by atoms with Gasteiger partial charge in [0, 0.05) is 12.0 Å². The van der Waals surface area contributed by atoms with Gasteiger partial charge >= 0.3 is 0 Å². The van der Waals surface area contributed by atoms with Crippen molar-refractivity contribution in [2.24, 2.45) is 0 Å². The lowest BCUT2D eigenvalue weighted by Crippen LogP contribution is -2.14. The number of ether oxygens (including phenoxy) is 6. The van der Waals surface area contributed by atoms with Crippen molar-refractivity contribution >= 4 is 0 Å². The Kier molecular flexibility index (Phi) is 11.5. The fraction of sp³-hybridized carbons (Fsp3) is 0.520. The van der Waals surface area contributed by atoms with Gasteiger partial charge in [-0.15, -0.1) is 0 Å². The van der Waals surface area contributed by atoms with E-state index in [0.717, 1.165) is 12.2 Å². The summed E-state index contributed by atoms with van der Waals surface area (Å²) in [6.07, 6.45) is 0.920. The molecule has 0 saturated carbocycles. The van der Waals surface area contributed by atoms with Gasteiger partial charge in [-0.1, -0.05) is 36.4 Å². The highest BCUT2D eigenvalue weighted by molar-refractivity contribution is 5.78. The van der Waals surface area contributed by atoms with Crippen LogP contribution in [0.25, 0.3) is 11.1 Å². The summed E-state index contributed by atoms with van der Waals surface area (Å²) in [6, 6.07) is 14.8. The van der Waals surface area contributed by atoms with Crippen LogP contribution in [0.15, 0.2) is 42.5 Å². The SMILES string of the molecule is OCCOCCOCCOCCOCCOCCOc1cccc2c1Cc1ccccc1-2. The van der Waals surface area contributed by atoms with E-state index < -0.39 is 0 Å². The van der Waals surface area contributed by atoms with E-state index in [2.05, 4.69) is 30.3 Å². The molecule has 0 bridgehead atoms. The van der Waals surface area contributed by atoms with Crippen LogP contribution in [0.1, 0.15) is 11.1 Å². The minimum Gasteiger partial charge on any atom is -0.491 e. The molecule has 0 unspecified atom stereocenters. The Labute approximate surface area is 190 Å². The fourth-order valence-electron chi connectivity index (χ4n) is 3.52. The molecule has 0 heterocycles. The van der Waals surface area contributed by atoms with Gasteiger partial charge in [0.15, 0.2) is 0 Å². The molecule has 3 rings (SSSR count). The van der Waals surface area contributed by atoms with Crippen molar-refractivity contribution in [1.29, 1.82) is 0 Å². The molecule has 32 heavy (non-hydrogen) atoms. The second kappa shape index (κ2) is 14.9. The molecule has 0 amide bonds. The fourth-order valence-corrected chi connectivity index (χ4v) is 3.52. The Bertz CT molecular complexity index is 781. The summed E-state index contributed by atoms with van der Waals surface area (Å²) in [4.78, 5) is 0. The highest BCUT2D eigenvalue weighted by Crippen LogP contribution is 2.40. The molecule has 0 aliphatic heterocycles. The zero-order valence-corrected chi connectivity index (χ0v) is 18.6. The van der Waals surface area contributed by atoms with Crippen molar-refractivity contribution in [2.75, 3.05) is 79.3 Å². The highest BCUT2D eigenvalue weighted by atomic mass is 16.6. The molecule has 2 aromatic carbocycles. The van der Waals surface area contributed by atoms with E-state index in [-0.39, 0.29) is 6.61 Å². The van der Waals surface area contributed by atoms with Gasteiger partial charge < -0.3 is 33.5 Å². The van der Waals surface area contributed by atoms with Gasteiger partial charge in [0.1, 0.15) is 12.4 Å². The summed E-state index contributed by atoms with van der Waals surface area (Å²) in [5.74, 6) is 0.942. The van der Waals surface area contributed by atoms with Crippen molar-refractivity contribution < 1.29 is 33.5 Å². The standard InChI is InChI=1S/C25H34O7/c26-8-9-27-10-11-28-12-13-29-14-15-30-16-17-31-18-19-32-25-7-3-6-23-22-5-2-1-4-21(22)20-24(23)25/h1-7,26H,8-20H2. The molecular weight excluding hydrogens is 412 g/mol.